The van der Waals surface area contributed by atoms with E-state index in [9.17, 15) is 5.11 Å². The normalized spacial score (nSPS) is 12.4. The molecule has 0 saturated carbocycles. The van der Waals surface area contributed by atoms with Crippen molar-refractivity contribution < 1.29 is 5.11 Å². The second kappa shape index (κ2) is 5.00. The molecule has 0 unspecified atom stereocenters. The maximum absolute atomic E-state index is 10.1. The third kappa shape index (κ3) is 2.64. The summed E-state index contributed by atoms with van der Waals surface area (Å²) in [7, 11) is 0. The Morgan fingerprint density at radius 2 is 1.31 bits per heavy atom. The summed E-state index contributed by atoms with van der Waals surface area (Å²) >= 11 is 9.16. The minimum absolute atomic E-state index is 0.606. The molecule has 2 rings (SSSR count). The Morgan fingerprint density at radius 1 is 0.875 bits per heavy atom. The fraction of sp³-hybridized carbons (Fsp3) is 0.0769. The average molecular weight is 298 g/mol. The summed E-state index contributed by atoms with van der Waals surface area (Å²) in [5.74, 6) is 0. The molecule has 0 amide bonds. The number of hydrogen-bond acceptors (Lipinski definition) is 1. The van der Waals surface area contributed by atoms with Gasteiger partial charge in [-0.25, -0.2) is 0 Å². The van der Waals surface area contributed by atoms with Gasteiger partial charge < -0.3 is 5.11 Å². The molecule has 3 heteroatoms. The summed E-state index contributed by atoms with van der Waals surface area (Å²) in [6.45, 7) is 0. The van der Waals surface area contributed by atoms with Crippen LogP contribution in [0.15, 0.2) is 53.0 Å². The first-order valence-electron chi connectivity index (χ1n) is 4.86. The van der Waals surface area contributed by atoms with Crippen molar-refractivity contribution >= 4 is 27.5 Å². The van der Waals surface area contributed by atoms with Gasteiger partial charge in [0, 0.05) is 9.50 Å². The molecule has 2 aromatic rings. The highest BCUT2D eigenvalue weighted by atomic mass is 79.9. The molecule has 1 nitrogen and oxygen atoms in total. The number of aliphatic hydroxyl groups is 1. The van der Waals surface area contributed by atoms with Crippen molar-refractivity contribution in [3.05, 3.63) is 69.2 Å². The third-order valence-corrected chi connectivity index (χ3v) is 3.15. The van der Waals surface area contributed by atoms with Crippen molar-refractivity contribution in [1.29, 1.82) is 0 Å². The van der Waals surface area contributed by atoms with Gasteiger partial charge in [0.05, 0.1) is 0 Å². The molecule has 0 aromatic heterocycles. The van der Waals surface area contributed by atoms with Crippen molar-refractivity contribution in [3.63, 3.8) is 0 Å². The van der Waals surface area contributed by atoms with E-state index >= 15 is 0 Å². The Balaban J connectivity index is 2.28. The van der Waals surface area contributed by atoms with Crippen LogP contribution in [0.3, 0.4) is 0 Å². The molecule has 1 atom stereocenters. The van der Waals surface area contributed by atoms with E-state index in [1.165, 1.54) is 0 Å². The number of halogens is 2. The van der Waals surface area contributed by atoms with Crippen molar-refractivity contribution in [2.45, 2.75) is 6.10 Å². The minimum Gasteiger partial charge on any atom is -0.384 e. The Hall–Kier alpha value is -0.830. The van der Waals surface area contributed by atoms with Gasteiger partial charge in [0.2, 0.25) is 0 Å². The second-order valence-electron chi connectivity index (χ2n) is 3.51. The van der Waals surface area contributed by atoms with Crippen LogP contribution in [-0.4, -0.2) is 5.11 Å². The average Bonchev–Trinajstić information content (AvgIpc) is 2.30. The summed E-state index contributed by atoms with van der Waals surface area (Å²) < 4.78 is 1.000. The van der Waals surface area contributed by atoms with Gasteiger partial charge in [-0.1, -0.05) is 51.8 Å². The summed E-state index contributed by atoms with van der Waals surface area (Å²) in [4.78, 5) is 0. The maximum atomic E-state index is 10.1. The first-order valence-corrected chi connectivity index (χ1v) is 6.03. The lowest BCUT2D eigenvalue weighted by Gasteiger charge is -2.11. The molecule has 0 spiro atoms. The van der Waals surface area contributed by atoms with Crippen LogP contribution in [0, 0.1) is 0 Å². The molecule has 0 aliphatic heterocycles. The zero-order valence-corrected chi connectivity index (χ0v) is 10.7. The zero-order chi connectivity index (χ0) is 11.5. The van der Waals surface area contributed by atoms with E-state index in [0.29, 0.717) is 5.02 Å². The maximum Gasteiger partial charge on any atom is 0.104 e. The largest absolute Gasteiger partial charge is 0.384 e. The van der Waals surface area contributed by atoms with E-state index < -0.39 is 6.10 Å². The molecule has 0 heterocycles. The summed E-state index contributed by atoms with van der Waals surface area (Å²) in [6.07, 6.45) is -0.606. The Kier molecular flexibility index (Phi) is 3.64. The zero-order valence-electron chi connectivity index (χ0n) is 8.40. The highest BCUT2D eigenvalue weighted by Gasteiger charge is 2.09. The molecule has 0 saturated heterocycles. The van der Waals surface area contributed by atoms with Crippen molar-refractivity contribution in [2.75, 3.05) is 0 Å². The van der Waals surface area contributed by atoms with E-state index in [4.69, 9.17) is 11.6 Å². The fourth-order valence-electron chi connectivity index (χ4n) is 1.48. The highest BCUT2D eigenvalue weighted by molar-refractivity contribution is 9.10. The smallest absolute Gasteiger partial charge is 0.104 e. The SMILES string of the molecule is O[C@@H](c1ccc(Cl)cc1)c1ccc(Br)cc1. The molecule has 0 aliphatic carbocycles. The first-order chi connectivity index (χ1) is 7.66. The second-order valence-corrected chi connectivity index (χ2v) is 4.86. The van der Waals surface area contributed by atoms with Gasteiger partial charge in [-0.3, -0.25) is 0 Å². The van der Waals surface area contributed by atoms with Gasteiger partial charge in [-0.15, -0.1) is 0 Å². The lowest BCUT2D eigenvalue weighted by molar-refractivity contribution is 0.220. The molecule has 1 N–H and O–H groups in total. The standard InChI is InChI=1S/C13H10BrClO/c14-11-5-1-9(2-6-11)13(16)10-3-7-12(15)8-4-10/h1-8,13,16H/t13-/m1/s1. The van der Waals surface area contributed by atoms with Crippen LogP contribution < -0.4 is 0 Å². The van der Waals surface area contributed by atoms with Gasteiger partial charge in [-0.05, 0) is 35.4 Å². The molecule has 0 aliphatic rings. The lowest BCUT2D eigenvalue weighted by atomic mass is 10.0. The van der Waals surface area contributed by atoms with E-state index in [1.54, 1.807) is 12.1 Å². The highest BCUT2D eigenvalue weighted by Crippen LogP contribution is 2.24. The van der Waals surface area contributed by atoms with E-state index in [2.05, 4.69) is 15.9 Å². The minimum atomic E-state index is -0.606. The summed E-state index contributed by atoms with van der Waals surface area (Å²) in [5.41, 5.74) is 1.71. The van der Waals surface area contributed by atoms with Crippen molar-refractivity contribution in [3.8, 4) is 0 Å². The van der Waals surface area contributed by atoms with E-state index in [0.717, 1.165) is 15.6 Å². The number of benzene rings is 2. The van der Waals surface area contributed by atoms with Crippen molar-refractivity contribution in [2.24, 2.45) is 0 Å². The molecule has 16 heavy (non-hydrogen) atoms. The first kappa shape index (κ1) is 11.6. The molecular weight excluding hydrogens is 287 g/mol. The van der Waals surface area contributed by atoms with Crippen LogP contribution in [0.5, 0.6) is 0 Å². The predicted octanol–water partition coefficient (Wildman–Crippen LogP) is 4.18. The third-order valence-electron chi connectivity index (χ3n) is 2.37. The van der Waals surface area contributed by atoms with Crippen LogP contribution in [0.4, 0.5) is 0 Å². The molecule has 0 radical (unpaired) electrons. The van der Waals surface area contributed by atoms with Gasteiger partial charge in [0.25, 0.3) is 0 Å². The van der Waals surface area contributed by atoms with E-state index in [1.807, 2.05) is 36.4 Å². The summed E-state index contributed by atoms with van der Waals surface area (Å²) in [5, 5.41) is 10.8. The van der Waals surface area contributed by atoms with Crippen LogP contribution in [0.1, 0.15) is 17.2 Å². The Morgan fingerprint density at radius 3 is 1.81 bits per heavy atom. The quantitative estimate of drug-likeness (QED) is 0.881. The molecule has 2 aromatic carbocycles. The molecule has 0 fully saturated rings. The van der Waals surface area contributed by atoms with Crippen LogP contribution in [-0.2, 0) is 0 Å². The van der Waals surface area contributed by atoms with Gasteiger partial charge >= 0.3 is 0 Å². The number of aliphatic hydroxyl groups excluding tert-OH is 1. The monoisotopic (exact) mass is 296 g/mol. The molecule has 0 bridgehead atoms. The van der Waals surface area contributed by atoms with Gasteiger partial charge in [-0.2, -0.15) is 0 Å². The predicted molar refractivity (Wildman–Crippen MR) is 69.7 cm³/mol. The fourth-order valence-corrected chi connectivity index (χ4v) is 1.87. The van der Waals surface area contributed by atoms with Crippen LogP contribution >= 0.6 is 27.5 Å². The number of rotatable bonds is 2. The Labute approximate surface area is 108 Å². The molecular formula is C13H10BrClO. The van der Waals surface area contributed by atoms with Crippen LogP contribution in [0.25, 0.3) is 0 Å². The van der Waals surface area contributed by atoms with E-state index in [-0.39, 0.29) is 0 Å². The Bertz CT molecular complexity index is 419. The van der Waals surface area contributed by atoms with Crippen molar-refractivity contribution in [1.82, 2.24) is 0 Å². The summed E-state index contributed by atoms with van der Waals surface area (Å²) in [6, 6.07) is 14.8. The van der Waals surface area contributed by atoms with Gasteiger partial charge in [0.15, 0.2) is 0 Å². The lowest BCUT2D eigenvalue weighted by Crippen LogP contribution is -1.98. The van der Waals surface area contributed by atoms with Gasteiger partial charge in [0.1, 0.15) is 6.10 Å². The molecule has 82 valence electrons. The van der Waals surface area contributed by atoms with Crippen LogP contribution in [0.2, 0.25) is 5.02 Å². The topological polar surface area (TPSA) is 20.2 Å². The number of hydrogen-bond donors (Lipinski definition) is 1.